The fraction of sp³-hybridized carbons (Fsp3) is 0.333. The molecule has 0 radical (unpaired) electrons. The van der Waals surface area contributed by atoms with E-state index >= 15 is 0 Å². The molecule has 1 heterocycles. The van der Waals surface area contributed by atoms with Crippen molar-refractivity contribution >= 4 is 23.2 Å². The predicted octanol–water partition coefficient (Wildman–Crippen LogP) is 4.51. The van der Waals surface area contributed by atoms with Gasteiger partial charge in [-0.1, -0.05) is 55.2 Å². The first-order chi connectivity index (χ1) is 9.52. The molecule has 20 heavy (non-hydrogen) atoms. The molecule has 0 aliphatic carbocycles. The molecular formula is C15H16Cl2N2O. The molecule has 106 valence electrons. The van der Waals surface area contributed by atoms with Gasteiger partial charge in [0.15, 0.2) is 0 Å². The lowest BCUT2D eigenvalue weighted by atomic mass is 10.1. The van der Waals surface area contributed by atoms with Gasteiger partial charge >= 0.3 is 0 Å². The van der Waals surface area contributed by atoms with Gasteiger partial charge in [0, 0.05) is 17.5 Å². The van der Waals surface area contributed by atoms with E-state index in [4.69, 9.17) is 27.9 Å². The number of rotatable bonds is 4. The largest absolute Gasteiger partial charge is 0.496 e. The van der Waals surface area contributed by atoms with Gasteiger partial charge < -0.3 is 4.74 Å². The number of nitrogens with zero attached hydrogens (tertiary/aromatic N) is 2. The van der Waals surface area contributed by atoms with Crippen molar-refractivity contribution in [2.45, 2.75) is 26.2 Å². The monoisotopic (exact) mass is 310 g/mol. The molecule has 0 spiro atoms. The molecule has 0 amide bonds. The minimum Gasteiger partial charge on any atom is -0.496 e. The number of para-hydroxylation sites is 1. The number of halogens is 2. The van der Waals surface area contributed by atoms with Gasteiger partial charge in [0.25, 0.3) is 0 Å². The van der Waals surface area contributed by atoms with Crippen molar-refractivity contribution in [2.75, 3.05) is 7.11 Å². The van der Waals surface area contributed by atoms with Crippen LogP contribution in [0.5, 0.6) is 5.75 Å². The first kappa shape index (κ1) is 15.1. The average Bonchev–Trinajstić information content (AvgIpc) is 2.38. The molecule has 0 bridgehead atoms. The zero-order chi connectivity index (χ0) is 14.7. The maximum Gasteiger partial charge on any atom is 0.137 e. The Kier molecular flexibility index (Phi) is 4.84. The van der Waals surface area contributed by atoms with Crippen LogP contribution in [0.15, 0.2) is 24.3 Å². The fourth-order valence-electron chi connectivity index (χ4n) is 2.03. The van der Waals surface area contributed by atoms with Crippen molar-refractivity contribution < 1.29 is 4.74 Å². The number of benzene rings is 1. The van der Waals surface area contributed by atoms with Crippen LogP contribution >= 0.6 is 23.2 Å². The Bertz CT molecular complexity index is 592. The van der Waals surface area contributed by atoms with Gasteiger partial charge in [-0.2, -0.15) is 0 Å². The second-order valence-corrected chi connectivity index (χ2v) is 5.49. The lowest BCUT2D eigenvalue weighted by molar-refractivity contribution is 0.410. The van der Waals surface area contributed by atoms with Crippen LogP contribution in [0.1, 0.15) is 36.7 Å². The Morgan fingerprint density at radius 3 is 2.25 bits per heavy atom. The highest BCUT2D eigenvalue weighted by Crippen LogP contribution is 2.29. The van der Waals surface area contributed by atoms with Crippen molar-refractivity contribution in [2.24, 2.45) is 0 Å². The number of aromatic nitrogens is 2. The first-order valence-electron chi connectivity index (χ1n) is 6.36. The third-order valence-corrected chi connectivity index (χ3v) is 3.59. The van der Waals surface area contributed by atoms with E-state index in [0.717, 1.165) is 16.9 Å². The first-order valence-corrected chi connectivity index (χ1v) is 7.12. The normalized spacial score (nSPS) is 10.9. The van der Waals surface area contributed by atoms with Crippen LogP contribution in [-0.2, 0) is 6.42 Å². The molecule has 0 N–H and O–H groups in total. The van der Waals surface area contributed by atoms with Gasteiger partial charge in [-0.05, 0) is 12.0 Å². The van der Waals surface area contributed by atoms with E-state index < -0.39 is 0 Å². The minimum absolute atomic E-state index is 0.190. The number of hydrogen-bond acceptors (Lipinski definition) is 3. The summed E-state index contributed by atoms with van der Waals surface area (Å²) in [6.07, 6.45) is 0.530. The molecule has 1 aromatic carbocycles. The number of hydrogen-bond donors (Lipinski definition) is 0. The molecule has 0 fully saturated rings. The van der Waals surface area contributed by atoms with Gasteiger partial charge in [-0.25, -0.2) is 9.97 Å². The summed E-state index contributed by atoms with van der Waals surface area (Å²) in [5.74, 6) is 1.58. The summed E-state index contributed by atoms with van der Waals surface area (Å²) in [6, 6.07) is 7.75. The summed E-state index contributed by atoms with van der Waals surface area (Å²) in [4.78, 5) is 8.68. The van der Waals surface area contributed by atoms with Crippen LogP contribution in [-0.4, -0.2) is 17.1 Å². The smallest absolute Gasteiger partial charge is 0.137 e. The van der Waals surface area contributed by atoms with Gasteiger partial charge in [0.05, 0.1) is 7.11 Å². The van der Waals surface area contributed by atoms with Crippen LogP contribution in [0.4, 0.5) is 0 Å². The van der Waals surface area contributed by atoms with Crippen molar-refractivity contribution in [1.29, 1.82) is 0 Å². The summed E-state index contributed by atoms with van der Waals surface area (Å²) >= 11 is 12.4. The minimum atomic E-state index is 0.190. The summed E-state index contributed by atoms with van der Waals surface area (Å²) in [5.41, 5.74) is 1.79. The van der Waals surface area contributed by atoms with Crippen LogP contribution < -0.4 is 4.74 Å². The lowest BCUT2D eigenvalue weighted by Crippen LogP contribution is -2.03. The molecule has 0 atom stereocenters. The van der Waals surface area contributed by atoms with E-state index in [9.17, 15) is 0 Å². The van der Waals surface area contributed by atoms with Gasteiger partial charge in [-0.3, -0.25) is 0 Å². The van der Waals surface area contributed by atoms with E-state index in [2.05, 4.69) is 9.97 Å². The quantitative estimate of drug-likeness (QED) is 0.779. The summed E-state index contributed by atoms with van der Waals surface area (Å²) in [5, 5.41) is 0.842. The van der Waals surface area contributed by atoms with Crippen LogP contribution in [0.2, 0.25) is 10.3 Å². The molecule has 0 unspecified atom stereocenters. The summed E-state index contributed by atoms with van der Waals surface area (Å²) < 4.78 is 5.32. The second kappa shape index (κ2) is 6.42. The van der Waals surface area contributed by atoms with Gasteiger partial charge in [0.2, 0.25) is 0 Å². The predicted molar refractivity (Wildman–Crippen MR) is 81.9 cm³/mol. The topological polar surface area (TPSA) is 35.0 Å². The van der Waals surface area contributed by atoms with E-state index in [1.165, 1.54) is 0 Å². The molecule has 0 saturated heterocycles. The molecule has 2 rings (SSSR count). The Labute approximate surface area is 128 Å². The second-order valence-electron chi connectivity index (χ2n) is 4.78. The van der Waals surface area contributed by atoms with Crippen molar-refractivity contribution in [3.8, 4) is 5.75 Å². The number of ether oxygens (including phenoxy) is 1. The van der Waals surface area contributed by atoms with E-state index in [-0.39, 0.29) is 5.92 Å². The molecule has 1 aromatic heterocycles. The standard InChI is InChI=1S/C15H16Cl2N2O/c1-9(2)13-14(16)18-12(19-15(13)17)8-10-6-4-5-7-11(10)20-3/h4-7,9H,8H2,1-3H3. The van der Waals surface area contributed by atoms with Crippen molar-refractivity contribution in [3.63, 3.8) is 0 Å². The van der Waals surface area contributed by atoms with Crippen LogP contribution in [0, 0.1) is 0 Å². The Morgan fingerprint density at radius 1 is 1.10 bits per heavy atom. The highest BCUT2D eigenvalue weighted by Gasteiger charge is 2.15. The molecule has 0 aliphatic rings. The van der Waals surface area contributed by atoms with E-state index in [0.29, 0.717) is 22.6 Å². The summed E-state index contributed by atoms with van der Waals surface area (Å²) in [6.45, 7) is 4.02. The van der Waals surface area contributed by atoms with E-state index in [1.807, 2.05) is 38.1 Å². The highest BCUT2D eigenvalue weighted by atomic mass is 35.5. The molecular weight excluding hydrogens is 295 g/mol. The molecule has 3 nitrogen and oxygen atoms in total. The third-order valence-electron chi connectivity index (χ3n) is 3.02. The fourth-order valence-corrected chi connectivity index (χ4v) is 2.89. The van der Waals surface area contributed by atoms with Crippen LogP contribution in [0.3, 0.4) is 0 Å². The van der Waals surface area contributed by atoms with Gasteiger partial charge in [-0.15, -0.1) is 0 Å². The Balaban J connectivity index is 2.35. The van der Waals surface area contributed by atoms with Gasteiger partial charge in [0.1, 0.15) is 21.9 Å². The maximum atomic E-state index is 6.20. The zero-order valence-electron chi connectivity index (χ0n) is 11.7. The van der Waals surface area contributed by atoms with Crippen LogP contribution in [0.25, 0.3) is 0 Å². The molecule has 0 aliphatic heterocycles. The lowest BCUT2D eigenvalue weighted by Gasteiger charge is -2.12. The molecule has 2 aromatic rings. The average molecular weight is 311 g/mol. The van der Waals surface area contributed by atoms with E-state index in [1.54, 1.807) is 7.11 Å². The van der Waals surface area contributed by atoms with Crippen molar-refractivity contribution in [1.82, 2.24) is 9.97 Å². The maximum absolute atomic E-state index is 6.20. The Morgan fingerprint density at radius 2 is 1.70 bits per heavy atom. The summed E-state index contributed by atoms with van der Waals surface area (Å²) in [7, 11) is 1.64. The SMILES string of the molecule is COc1ccccc1Cc1nc(Cl)c(C(C)C)c(Cl)n1. The van der Waals surface area contributed by atoms with Crippen molar-refractivity contribution in [3.05, 3.63) is 51.5 Å². The Hall–Kier alpha value is -1.32. The molecule has 5 heteroatoms. The highest BCUT2D eigenvalue weighted by molar-refractivity contribution is 6.34. The zero-order valence-corrected chi connectivity index (χ0v) is 13.2. The molecule has 0 saturated carbocycles. The number of methoxy groups -OCH3 is 1. The third kappa shape index (κ3) is 3.22.